The van der Waals surface area contributed by atoms with E-state index in [1.807, 2.05) is 0 Å². The van der Waals surface area contributed by atoms with Crippen molar-refractivity contribution in [3.63, 3.8) is 0 Å². The normalized spacial score (nSPS) is 13.5. The molecule has 0 aromatic heterocycles. The molecule has 8 heteroatoms. The number of rotatable bonds is 5. The second kappa shape index (κ2) is 6.19. The molecule has 1 rings (SSSR count). The molecule has 0 heterocycles. The van der Waals surface area contributed by atoms with E-state index in [4.69, 9.17) is 5.11 Å². The second-order valence-electron chi connectivity index (χ2n) is 4.56. The maximum absolute atomic E-state index is 13.3. The van der Waals surface area contributed by atoms with Crippen molar-refractivity contribution < 1.29 is 22.7 Å². The molecule has 1 atom stereocenters. The molecule has 0 aliphatic carbocycles. The molecule has 0 radical (unpaired) electrons. The van der Waals surface area contributed by atoms with E-state index < -0.39 is 27.7 Å². The third-order valence-electron chi connectivity index (χ3n) is 2.86. The molecule has 0 bridgehead atoms. The number of aliphatic carboxylic acids is 1. The van der Waals surface area contributed by atoms with Gasteiger partial charge in [0, 0.05) is 13.6 Å². The Bertz CT molecular complexity index is 633. The van der Waals surface area contributed by atoms with Crippen LogP contribution in [0.2, 0.25) is 0 Å². The summed E-state index contributed by atoms with van der Waals surface area (Å²) in [6.45, 7) is 2.74. The number of carbonyl (C=O) groups is 1. The molecule has 0 amide bonds. The molecule has 1 unspecified atom stereocenters. The van der Waals surface area contributed by atoms with Gasteiger partial charge in [0.1, 0.15) is 5.82 Å². The molecule has 0 spiro atoms. The number of hydrogen-bond donors (Lipinski definition) is 1. The van der Waals surface area contributed by atoms with E-state index in [1.54, 1.807) is 0 Å². The fourth-order valence-corrected chi connectivity index (χ4v) is 3.62. The highest BCUT2D eigenvalue weighted by molar-refractivity contribution is 9.10. The van der Waals surface area contributed by atoms with Gasteiger partial charge in [-0.15, -0.1) is 0 Å². The first-order chi connectivity index (χ1) is 9.07. The van der Waals surface area contributed by atoms with E-state index in [1.165, 1.54) is 27.0 Å². The van der Waals surface area contributed by atoms with Crippen LogP contribution in [-0.2, 0) is 14.8 Å². The van der Waals surface area contributed by atoms with Gasteiger partial charge in [-0.05, 0) is 40.5 Å². The summed E-state index contributed by atoms with van der Waals surface area (Å²) in [5.41, 5.74) is 0.264. The monoisotopic (exact) mass is 367 g/mol. The van der Waals surface area contributed by atoms with Crippen molar-refractivity contribution in [1.29, 1.82) is 0 Å². The van der Waals surface area contributed by atoms with Crippen molar-refractivity contribution in [1.82, 2.24) is 4.31 Å². The zero-order chi connectivity index (χ0) is 15.7. The minimum Gasteiger partial charge on any atom is -0.481 e. The molecular weight excluding hydrogens is 353 g/mol. The van der Waals surface area contributed by atoms with Crippen molar-refractivity contribution in [2.24, 2.45) is 5.92 Å². The van der Waals surface area contributed by atoms with Crippen LogP contribution in [0.5, 0.6) is 0 Å². The second-order valence-corrected chi connectivity index (χ2v) is 7.42. The van der Waals surface area contributed by atoms with Crippen LogP contribution in [0.15, 0.2) is 21.5 Å². The first-order valence-corrected chi connectivity index (χ1v) is 7.95. The number of aryl methyl sites for hydroxylation is 1. The maximum atomic E-state index is 13.3. The Labute approximate surface area is 125 Å². The first-order valence-electron chi connectivity index (χ1n) is 5.72. The van der Waals surface area contributed by atoms with E-state index in [2.05, 4.69) is 15.9 Å². The highest BCUT2D eigenvalue weighted by atomic mass is 79.9. The highest BCUT2D eigenvalue weighted by Gasteiger charge is 2.27. The van der Waals surface area contributed by atoms with Gasteiger partial charge >= 0.3 is 5.97 Å². The average Bonchev–Trinajstić information content (AvgIpc) is 2.33. The van der Waals surface area contributed by atoms with E-state index >= 15 is 0 Å². The minimum atomic E-state index is -3.86. The standard InChI is InChI=1S/C12H15BrFNO4S/c1-7-4-10(14)9(13)5-11(7)20(18,19)15(3)6-8(2)12(16)17/h4-5,8H,6H2,1-3H3,(H,16,17). The van der Waals surface area contributed by atoms with Crippen molar-refractivity contribution >= 4 is 31.9 Å². The fourth-order valence-electron chi connectivity index (χ4n) is 1.64. The molecule has 0 aliphatic heterocycles. The first kappa shape index (κ1) is 17.1. The number of nitrogens with zero attached hydrogens (tertiary/aromatic N) is 1. The van der Waals surface area contributed by atoms with Gasteiger partial charge in [-0.2, -0.15) is 0 Å². The lowest BCUT2D eigenvalue weighted by atomic mass is 10.2. The van der Waals surface area contributed by atoms with Crippen molar-refractivity contribution in [3.8, 4) is 0 Å². The van der Waals surface area contributed by atoms with Crippen molar-refractivity contribution in [3.05, 3.63) is 28.0 Å². The Morgan fingerprint density at radius 3 is 2.55 bits per heavy atom. The molecule has 0 fully saturated rings. The summed E-state index contributed by atoms with van der Waals surface area (Å²) in [5.74, 6) is -2.47. The predicted octanol–water partition coefficient (Wildman–Crippen LogP) is 2.24. The minimum absolute atomic E-state index is 0.0429. The van der Waals surface area contributed by atoms with Crippen LogP contribution in [0, 0.1) is 18.7 Å². The summed E-state index contributed by atoms with van der Waals surface area (Å²) in [6, 6.07) is 2.30. The number of sulfonamides is 1. The van der Waals surface area contributed by atoms with Crippen LogP contribution >= 0.6 is 15.9 Å². The van der Waals surface area contributed by atoms with Gasteiger partial charge in [-0.1, -0.05) is 6.92 Å². The predicted molar refractivity (Wildman–Crippen MR) is 75.5 cm³/mol. The van der Waals surface area contributed by atoms with Crippen LogP contribution in [-0.4, -0.2) is 37.4 Å². The van der Waals surface area contributed by atoms with Crippen LogP contribution in [0.1, 0.15) is 12.5 Å². The number of carboxylic acids is 1. The van der Waals surface area contributed by atoms with Gasteiger partial charge in [-0.25, -0.2) is 17.1 Å². The van der Waals surface area contributed by atoms with Crippen LogP contribution in [0.25, 0.3) is 0 Å². The molecule has 0 saturated carbocycles. The fraction of sp³-hybridized carbons (Fsp3) is 0.417. The van der Waals surface area contributed by atoms with E-state index in [9.17, 15) is 17.6 Å². The Hall–Kier alpha value is -0.990. The zero-order valence-electron chi connectivity index (χ0n) is 11.2. The SMILES string of the molecule is Cc1cc(F)c(Br)cc1S(=O)(=O)N(C)CC(C)C(=O)O. The van der Waals surface area contributed by atoms with Gasteiger partial charge in [0.25, 0.3) is 0 Å². The summed E-state index contributed by atoms with van der Waals surface area (Å²) in [5, 5.41) is 8.82. The Morgan fingerprint density at radius 1 is 1.50 bits per heavy atom. The number of benzene rings is 1. The lowest BCUT2D eigenvalue weighted by molar-refractivity contribution is -0.141. The molecule has 1 N–H and O–H groups in total. The summed E-state index contributed by atoms with van der Waals surface area (Å²) < 4.78 is 39.1. The Balaban J connectivity index is 3.17. The lowest BCUT2D eigenvalue weighted by Gasteiger charge is -2.20. The van der Waals surface area contributed by atoms with E-state index in [0.717, 1.165) is 10.4 Å². The molecule has 20 heavy (non-hydrogen) atoms. The molecule has 1 aromatic rings. The van der Waals surface area contributed by atoms with Crippen LogP contribution in [0.3, 0.4) is 0 Å². The van der Waals surface area contributed by atoms with Gasteiger partial charge < -0.3 is 5.11 Å². The molecular formula is C12H15BrFNO4S. The molecule has 5 nitrogen and oxygen atoms in total. The molecule has 112 valence electrons. The topological polar surface area (TPSA) is 74.7 Å². The quantitative estimate of drug-likeness (QED) is 0.865. The zero-order valence-corrected chi connectivity index (χ0v) is 13.6. The summed E-state index contributed by atoms with van der Waals surface area (Å²) in [7, 11) is -2.57. The van der Waals surface area contributed by atoms with Crippen LogP contribution in [0.4, 0.5) is 4.39 Å². The average molecular weight is 368 g/mol. The van der Waals surface area contributed by atoms with Gasteiger partial charge in [-0.3, -0.25) is 4.79 Å². The third-order valence-corrected chi connectivity index (χ3v) is 5.43. The van der Waals surface area contributed by atoms with Gasteiger partial charge in [0.05, 0.1) is 15.3 Å². The third kappa shape index (κ3) is 3.56. The number of carboxylic acid groups (broad SMARTS) is 1. The van der Waals surface area contributed by atoms with Crippen molar-refractivity contribution in [2.75, 3.05) is 13.6 Å². The summed E-state index contributed by atoms with van der Waals surface area (Å²) in [6.07, 6.45) is 0. The summed E-state index contributed by atoms with van der Waals surface area (Å²) in [4.78, 5) is 10.7. The van der Waals surface area contributed by atoms with E-state index in [-0.39, 0.29) is 21.5 Å². The summed E-state index contributed by atoms with van der Waals surface area (Å²) >= 11 is 2.94. The smallest absolute Gasteiger partial charge is 0.307 e. The maximum Gasteiger partial charge on any atom is 0.307 e. The van der Waals surface area contributed by atoms with Gasteiger partial charge in [0.15, 0.2) is 0 Å². The van der Waals surface area contributed by atoms with Crippen molar-refractivity contribution in [2.45, 2.75) is 18.7 Å². The highest BCUT2D eigenvalue weighted by Crippen LogP contribution is 2.26. The number of halogens is 2. The van der Waals surface area contributed by atoms with Gasteiger partial charge in [0.2, 0.25) is 10.0 Å². The molecule has 0 saturated heterocycles. The lowest BCUT2D eigenvalue weighted by Crippen LogP contribution is -2.34. The largest absolute Gasteiger partial charge is 0.481 e. The van der Waals surface area contributed by atoms with E-state index in [0.29, 0.717) is 0 Å². The Kier molecular flexibility index (Phi) is 5.28. The Morgan fingerprint density at radius 2 is 2.05 bits per heavy atom. The molecule has 1 aromatic carbocycles. The number of hydrogen-bond acceptors (Lipinski definition) is 3. The molecule has 0 aliphatic rings. The van der Waals surface area contributed by atoms with Crippen LogP contribution < -0.4 is 0 Å².